The summed E-state index contributed by atoms with van der Waals surface area (Å²) < 4.78 is 0. The largest absolute Gasteiger partial charge is 0.383 e. The number of hydrogen-bond acceptors (Lipinski definition) is 4. The topological polar surface area (TPSA) is 51.8 Å². The highest BCUT2D eigenvalue weighted by Crippen LogP contribution is 2.18. The van der Waals surface area contributed by atoms with Gasteiger partial charge in [-0.15, -0.1) is 11.3 Å². The van der Waals surface area contributed by atoms with Crippen molar-refractivity contribution in [3.8, 4) is 0 Å². The predicted molar refractivity (Wildman–Crippen MR) is 47.2 cm³/mol. The zero-order valence-corrected chi connectivity index (χ0v) is 6.43. The molecular weight excluding hydrogens is 157 g/mol. The monoisotopic (exact) mass is 161 g/mol. The standard InChI is InChI=1S/C6H4BN3S/c7-3-1-11-6-4(3)5(8)9-2-10-6/h1-2H,(H2,8,9,10). The van der Waals surface area contributed by atoms with Crippen molar-refractivity contribution in [2.45, 2.75) is 0 Å². The second-order valence-electron chi connectivity index (χ2n) is 2.13. The highest BCUT2D eigenvalue weighted by Gasteiger charge is 2.03. The van der Waals surface area contributed by atoms with Gasteiger partial charge in [-0.3, -0.25) is 0 Å². The quantitative estimate of drug-likeness (QED) is 0.556. The minimum Gasteiger partial charge on any atom is -0.383 e. The molecule has 0 aliphatic heterocycles. The van der Waals surface area contributed by atoms with E-state index in [9.17, 15) is 0 Å². The third kappa shape index (κ3) is 0.885. The second-order valence-corrected chi connectivity index (χ2v) is 2.99. The molecule has 0 amide bonds. The molecule has 0 aliphatic carbocycles. The summed E-state index contributed by atoms with van der Waals surface area (Å²) in [4.78, 5) is 8.69. The summed E-state index contributed by atoms with van der Waals surface area (Å²) in [6.45, 7) is 0. The summed E-state index contributed by atoms with van der Waals surface area (Å²) in [6, 6.07) is 0. The van der Waals surface area contributed by atoms with E-state index in [2.05, 4.69) is 9.97 Å². The predicted octanol–water partition coefficient (Wildman–Crippen LogP) is 0.0673. The van der Waals surface area contributed by atoms with Crippen molar-refractivity contribution in [3.05, 3.63) is 11.7 Å². The number of fused-ring (bicyclic) bond motifs is 1. The summed E-state index contributed by atoms with van der Waals surface area (Å²) in [7, 11) is 5.63. The number of thiophene rings is 1. The Balaban J connectivity index is 2.96. The maximum atomic E-state index is 5.63. The summed E-state index contributed by atoms with van der Waals surface area (Å²) in [5.74, 6) is 0.453. The van der Waals surface area contributed by atoms with Crippen molar-refractivity contribution in [1.82, 2.24) is 9.97 Å². The SMILES string of the molecule is [B]c1csc2ncnc(N)c12. The Morgan fingerprint density at radius 2 is 2.27 bits per heavy atom. The molecule has 5 heteroatoms. The Morgan fingerprint density at radius 1 is 1.45 bits per heavy atom. The molecule has 2 rings (SSSR count). The van der Waals surface area contributed by atoms with Crippen molar-refractivity contribution in [3.63, 3.8) is 0 Å². The molecular formula is C6H4BN3S. The van der Waals surface area contributed by atoms with Gasteiger partial charge in [-0.1, -0.05) is 5.46 Å². The molecule has 0 aliphatic rings. The Hall–Kier alpha value is -1.10. The van der Waals surface area contributed by atoms with Crippen LogP contribution in [-0.2, 0) is 0 Å². The van der Waals surface area contributed by atoms with Crippen LogP contribution in [-0.4, -0.2) is 17.8 Å². The third-order valence-corrected chi connectivity index (χ3v) is 2.33. The first-order valence-electron chi connectivity index (χ1n) is 3.02. The average molecular weight is 161 g/mol. The van der Waals surface area contributed by atoms with Crippen LogP contribution in [0.3, 0.4) is 0 Å². The third-order valence-electron chi connectivity index (χ3n) is 1.43. The van der Waals surface area contributed by atoms with Gasteiger partial charge in [-0.25, -0.2) is 9.97 Å². The second kappa shape index (κ2) is 2.20. The van der Waals surface area contributed by atoms with Crippen molar-refractivity contribution in [2.75, 3.05) is 5.73 Å². The van der Waals surface area contributed by atoms with Crippen LogP contribution in [0, 0.1) is 0 Å². The smallest absolute Gasteiger partial charge is 0.134 e. The van der Waals surface area contributed by atoms with Crippen LogP contribution in [0.2, 0.25) is 0 Å². The van der Waals surface area contributed by atoms with Gasteiger partial charge in [-0.05, 0) is 5.38 Å². The lowest BCUT2D eigenvalue weighted by Gasteiger charge is -1.93. The van der Waals surface area contributed by atoms with Gasteiger partial charge < -0.3 is 5.73 Å². The molecule has 2 radical (unpaired) electrons. The zero-order chi connectivity index (χ0) is 7.84. The molecule has 0 saturated heterocycles. The summed E-state index contributed by atoms with van der Waals surface area (Å²) in [5, 5.41) is 2.59. The molecule has 0 bridgehead atoms. The van der Waals surface area contributed by atoms with Gasteiger partial charge in [0, 0.05) is 5.39 Å². The number of nitrogens with two attached hydrogens (primary N) is 1. The van der Waals surface area contributed by atoms with E-state index in [-0.39, 0.29) is 0 Å². The number of rotatable bonds is 0. The van der Waals surface area contributed by atoms with E-state index in [1.165, 1.54) is 17.7 Å². The minimum atomic E-state index is 0.453. The van der Waals surface area contributed by atoms with E-state index in [1.807, 2.05) is 5.38 Å². The first-order chi connectivity index (χ1) is 5.29. The lowest BCUT2D eigenvalue weighted by molar-refractivity contribution is 1.24. The highest BCUT2D eigenvalue weighted by atomic mass is 32.1. The zero-order valence-electron chi connectivity index (χ0n) is 5.61. The average Bonchev–Trinajstić information content (AvgIpc) is 2.34. The van der Waals surface area contributed by atoms with Crippen LogP contribution in [0.25, 0.3) is 10.2 Å². The van der Waals surface area contributed by atoms with Crippen molar-refractivity contribution < 1.29 is 0 Å². The number of anilines is 1. The van der Waals surface area contributed by atoms with Crippen molar-refractivity contribution in [1.29, 1.82) is 0 Å². The van der Waals surface area contributed by atoms with Crippen molar-refractivity contribution >= 4 is 40.7 Å². The van der Waals surface area contributed by atoms with Crippen LogP contribution < -0.4 is 11.2 Å². The van der Waals surface area contributed by atoms with Gasteiger partial charge in [0.2, 0.25) is 0 Å². The van der Waals surface area contributed by atoms with Gasteiger partial charge in [0.05, 0.1) is 0 Å². The summed E-state index contributed by atoms with van der Waals surface area (Å²) in [5.41, 5.74) is 6.23. The molecule has 2 heterocycles. The van der Waals surface area contributed by atoms with E-state index in [4.69, 9.17) is 13.6 Å². The molecule has 3 nitrogen and oxygen atoms in total. The number of nitrogen functional groups attached to an aromatic ring is 1. The van der Waals surface area contributed by atoms with E-state index in [0.717, 1.165) is 10.2 Å². The Labute approximate surface area is 68.7 Å². The molecule has 0 fully saturated rings. The van der Waals surface area contributed by atoms with Crippen LogP contribution in [0.15, 0.2) is 11.7 Å². The van der Waals surface area contributed by atoms with E-state index in [0.29, 0.717) is 11.3 Å². The molecule has 11 heavy (non-hydrogen) atoms. The fourth-order valence-corrected chi connectivity index (χ4v) is 1.73. The molecule has 0 unspecified atom stereocenters. The molecule has 52 valence electrons. The van der Waals surface area contributed by atoms with E-state index in [1.54, 1.807) is 0 Å². The van der Waals surface area contributed by atoms with Crippen molar-refractivity contribution in [2.24, 2.45) is 0 Å². The molecule has 0 aromatic carbocycles. The highest BCUT2D eigenvalue weighted by molar-refractivity contribution is 7.18. The maximum absolute atomic E-state index is 5.63. The Morgan fingerprint density at radius 3 is 3.00 bits per heavy atom. The first-order valence-corrected chi connectivity index (χ1v) is 3.90. The first kappa shape index (κ1) is 6.60. The van der Waals surface area contributed by atoms with Crippen LogP contribution >= 0.6 is 11.3 Å². The van der Waals surface area contributed by atoms with Gasteiger partial charge in [0.25, 0.3) is 0 Å². The normalized spacial score (nSPS) is 10.5. The minimum absolute atomic E-state index is 0.453. The lowest BCUT2D eigenvalue weighted by Crippen LogP contribution is -2.02. The fourth-order valence-electron chi connectivity index (χ4n) is 0.921. The lowest BCUT2D eigenvalue weighted by atomic mass is 9.97. The van der Waals surface area contributed by atoms with Gasteiger partial charge in [-0.2, -0.15) is 0 Å². The summed E-state index contributed by atoms with van der Waals surface area (Å²) >= 11 is 1.47. The Bertz CT molecular complexity index is 398. The maximum Gasteiger partial charge on any atom is 0.134 e. The molecule has 0 atom stereocenters. The number of nitrogens with zero attached hydrogens (tertiary/aromatic N) is 2. The number of hydrogen-bond donors (Lipinski definition) is 1. The number of aromatic nitrogens is 2. The van der Waals surface area contributed by atoms with Gasteiger partial charge in [0.15, 0.2) is 0 Å². The van der Waals surface area contributed by atoms with E-state index >= 15 is 0 Å². The molecule has 0 spiro atoms. The van der Waals surface area contributed by atoms with E-state index < -0.39 is 0 Å². The summed E-state index contributed by atoms with van der Waals surface area (Å²) in [6.07, 6.45) is 1.44. The molecule has 0 saturated carbocycles. The molecule has 2 N–H and O–H groups in total. The van der Waals surface area contributed by atoms with Crippen LogP contribution in [0.1, 0.15) is 0 Å². The van der Waals surface area contributed by atoms with Gasteiger partial charge >= 0.3 is 0 Å². The fraction of sp³-hybridized carbons (Fsp3) is 0. The Kier molecular flexibility index (Phi) is 1.32. The molecule has 2 aromatic heterocycles. The van der Waals surface area contributed by atoms with Crippen LogP contribution in [0.5, 0.6) is 0 Å². The van der Waals surface area contributed by atoms with Gasteiger partial charge in [0.1, 0.15) is 24.8 Å². The van der Waals surface area contributed by atoms with Crippen LogP contribution in [0.4, 0.5) is 5.82 Å². The molecule has 2 aromatic rings.